The summed E-state index contributed by atoms with van der Waals surface area (Å²) in [4.78, 5) is 18.8. The van der Waals surface area contributed by atoms with Crippen molar-refractivity contribution in [3.63, 3.8) is 0 Å². The normalized spacial score (nSPS) is 10.4. The van der Waals surface area contributed by atoms with Crippen LogP contribution in [-0.4, -0.2) is 40.8 Å². The van der Waals surface area contributed by atoms with Gasteiger partial charge in [0.05, 0.1) is 23.8 Å². The highest BCUT2D eigenvalue weighted by atomic mass is 16.5. The molecule has 0 bridgehead atoms. The van der Waals surface area contributed by atoms with Crippen LogP contribution < -0.4 is 5.32 Å². The molecule has 6 heteroatoms. The van der Waals surface area contributed by atoms with Crippen LogP contribution in [0.5, 0.6) is 0 Å². The Morgan fingerprint density at radius 3 is 2.89 bits per heavy atom. The molecule has 0 amide bonds. The Morgan fingerprint density at radius 2 is 2.11 bits per heavy atom. The summed E-state index contributed by atoms with van der Waals surface area (Å²) in [6.07, 6.45) is 1.64. The molecule has 2 N–H and O–H groups in total. The van der Waals surface area contributed by atoms with E-state index in [-0.39, 0.29) is 6.61 Å². The zero-order chi connectivity index (χ0) is 12.8. The standard InChI is InChI=1S/C12H13N3O3/c16-12(17)8-18-6-5-13-11-7-14-9-3-1-2-4-10(9)15-11/h1-4,7H,5-6,8H2,(H,13,15)(H,16,17). The van der Waals surface area contributed by atoms with Gasteiger partial charge in [-0.25, -0.2) is 9.78 Å². The van der Waals surface area contributed by atoms with Crippen molar-refractivity contribution >= 4 is 22.8 Å². The first-order valence-electron chi connectivity index (χ1n) is 5.51. The second-order valence-corrected chi connectivity index (χ2v) is 3.62. The predicted molar refractivity (Wildman–Crippen MR) is 66.5 cm³/mol. The van der Waals surface area contributed by atoms with E-state index < -0.39 is 5.97 Å². The first-order valence-corrected chi connectivity index (χ1v) is 5.51. The Bertz CT molecular complexity index is 545. The maximum atomic E-state index is 10.2. The quantitative estimate of drug-likeness (QED) is 0.745. The molecule has 0 aliphatic rings. The minimum atomic E-state index is -0.972. The molecule has 1 heterocycles. The van der Waals surface area contributed by atoms with Crippen LogP contribution in [0.3, 0.4) is 0 Å². The summed E-state index contributed by atoms with van der Waals surface area (Å²) in [5.74, 6) is -0.326. The summed E-state index contributed by atoms with van der Waals surface area (Å²) >= 11 is 0. The smallest absolute Gasteiger partial charge is 0.329 e. The van der Waals surface area contributed by atoms with E-state index in [1.807, 2.05) is 24.3 Å². The van der Waals surface area contributed by atoms with Crippen molar-refractivity contribution in [1.82, 2.24) is 9.97 Å². The summed E-state index contributed by atoms with van der Waals surface area (Å²) in [7, 11) is 0. The Balaban J connectivity index is 1.86. The largest absolute Gasteiger partial charge is 0.480 e. The average molecular weight is 247 g/mol. The van der Waals surface area contributed by atoms with E-state index in [1.54, 1.807) is 6.20 Å². The number of hydrogen-bond acceptors (Lipinski definition) is 5. The number of hydrogen-bond donors (Lipinski definition) is 2. The second-order valence-electron chi connectivity index (χ2n) is 3.62. The highest BCUT2D eigenvalue weighted by Gasteiger charge is 1.99. The molecule has 94 valence electrons. The minimum Gasteiger partial charge on any atom is -0.480 e. The van der Waals surface area contributed by atoms with E-state index in [9.17, 15) is 4.79 Å². The molecule has 0 aliphatic heterocycles. The number of aliphatic carboxylic acids is 1. The lowest BCUT2D eigenvalue weighted by atomic mass is 10.3. The third-order valence-electron chi connectivity index (χ3n) is 2.23. The molecule has 0 saturated heterocycles. The lowest BCUT2D eigenvalue weighted by Crippen LogP contribution is -2.14. The van der Waals surface area contributed by atoms with Gasteiger partial charge < -0.3 is 15.2 Å². The van der Waals surface area contributed by atoms with Crippen molar-refractivity contribution in [1.29, 1.82) is 0 Å². The molecule has 6 nitrogen and oxygen atoms in total. The number of nitrogens with one attached hydrogen (secondary N) is 1. The summed E-state index contributed by atoms with van der Waals surface area (Å²) in [5, 5.41) is 11.4. The lowest BCUT2D eigenvalue weighted by Gasteiger charge is -2.05. The van der Waals surface area contributed by atoms with E-state index >= 15 is 0 Å². The molecule has 0 saturated carbocycles. The molecule has 18 heavy (non-hydrogen) atoms. The number of carboxylic acid groups (broad SMARTS) is 1. The summed E-state index contributed by atoms with van der Waals surface area (Å²) in [6, 6.07) is 7.58. The van der Waals surface area contributed by atoms with Gasteiger partial charge in [-0.05, 0) is 12.1 Å². The highest BCUT2D eigenvalue weighted by Crippen LogP contribution is 2.10. The Morgan fingerprint density at radius 1 is 1.33 bits per heavy atom. The fraction of sp³-hybridized carbons (Fsp3) is 0.250. The van der Waals surface area contributed by atoms with Crippen LogP contribution in [-0.2, 0) is 9.53 Å². The maximum Gasteiger partial charge on any atom is 0.329 e. The van der Waals surface area contributed by atoms with Crippen LogP contribution in [0, 0.1) is 0 Å². The summed E-state index contributed by atoms with van der Waals surface area (Å²) in [5.41, 5.74) is 1.65. The molecule has 0 radical (unpaired) electrons. The average Bonchev–Trinajstić information content (AvgIpc) is 2.38. The minimum absolute atomic E-state index is 0.287. The van der Waals surface area contributed by atoms with Crippen LogP contribution in [0.15, 0.2) is 30.5 Å². The van der Waals surface area contributed by atoms with Crippen molar-refractivity contribution in [2.75, 3.05) is 25.1 Å². The van der Waals surface area contributed by atoms with Gasteiger partial charge in [0.1, 0.15) is 12.4 Å². The monoisotopic (exact) mass is 247 g/mol. The van der Waals surface area contributed by atoms with Gasteiger partial charge in [0.15, 0.2) is 0 Å². The number of fused-ring (bicyclic) bond motifs is 1. The number of rotatable bonds is 6. The van der Waals surface area contributed by atoms with Crippen molar-refractivity contribution in [3.05, 3.63) is 30.5 Å². The summed E-state index contributed by atoms with van der Waals surface area (Å²) < 4.78 is 4.89. The van der Waals surface area contributed by atoms with Crippen molar-refractivity contribution in [2.45, 2.75) is 0 Å². The maximum absolute atomic E-state index is 10.2. The first-order chi connectivity index (χ1) is 8.75. The van der Waals surface area contributed by atoms with Gasteiger partial charge in [-0.3, -0.25) is 4.98 Å². The van der Waals surface area contributed by atoms with Gasteiger partial charge in [0, 0.05) is 6.54 Å². The van der Waals surface area contributed by atoms with Gasteiger partial charge >= 0.3 is 5.97 Å². The zero-order valence-electron chi connectivity index (χ0n) is 9.67. The van der Waals surface area contributed by atoms with Gasteiger partial charge in [0.2, 0.25) is 0 Å². The third-order valence-corrected chi connectivity index (χ3v) is 2.23. The van der Waals surface area contributed by atoms with E-state index in [0.717, 1.165) is 11.0 Å². The van der Waals surface area contributed by atoms with Gasteiger partial charge in [-0.15, -0.1) is 0 Å². The van der Waals surface area contributed by atoms with Crippen LogP contribution in [0.2, 0.25) is 0 Å². The molecule has 0 atom stereocenters. The number of para-hydroxylation sites is 2. The molecule has 1 aromatic heterocycles. The Labute approximate surface area is 104 Å². The molecule has 1 aromatic carbocycles. The predicted octanol–water partition coefficient (Wildman–Crippen LogP) is 1.14. The zero-order valence-corrected chi connectivity index (χ0v) is 9.67. The van der Waals surface area contributed by atoms with E-state index in [2.05, 4.69) is 15.3 Å². The molecular weight excluding hydrogens is 234 g/mol. The molecule has 2 rings (SSSR count). The fourth-order valence-corrected chi connectivity index (χ4v) is 1.45. The second kappa shape index (κ2) is 5.92. The number of ether oxygens (including phenoxy) is 1. The third kappa shape index (κ3) is 3.39. The molecule has 2 aromatic rings. The Hall–Kier alpha value is -2.21. The van der Waals surface area contributed by atoms with Crippen LogP contribution in [0.25, 0.3) is 11.0 Å². The number of aromatic nitrogens is 2. The molecule has 0 aliphatic carbocycles. The van der Waals surface area contributed by atoms with E-state index in [4.69, 9.17) is 9.84 Å². The number of carboxylic acids is 1. The van der Waals surface area contributed by atoms with Gasteiger partial charge in [-0.2, -0.15) is 0 Å². The fourth-order valence-electron chi connectivity index (χ4n) is 1.45. The number of anilines is 1. The number of nitrogens with zero attached hydrogens (tertiary/aromatic N) is 2. The number of benzene rings is 1. The topological polar surface area (TPSA) is 84.3 Å². The molecular formula is C12H13N3O3. The lowest BCUT2D eigenvalue weighted by molar-refractivity contribution is -0.142. The number of carbonyl (C=O) groups is 1. The first kappa shape index (κ1) is 12.3. The van der Waals surface area contributed by atoms with Crippen LogP contribution >= 0.6 is 0 Å². The highest BCUT2D eigenvalue weighted by molar-refractivity contribution is 5.75. The molecule has 0 fully saturated rings. The molecule has 0 spiro atoms. The molecule has 0 unspecified atom stereocenters. The van der Waals surface area contributed by atoms with E-state index in [1.165, 1.54) is 0 Å². The van der Waals surface area contributed by atoms with Gasteiger partial charge in [-0.1, -0.05) is 12.1 Å². The van der Waals surface area contributed by atoms with Crippen LogP contribution in [0.1, 0.15) is 0 Å². The van der Waals surface area contributed by atoms with Crippen molar-refractivity contribution in [2.24, 2.45) is 0 Å². The SMILES string of the molecule is O=C(O)COCCNc1cnc2ccccc2n1. The van der Waals surface area contributed by atoms with Crippen LogP contribution in [0.4, 0.5) is 5.82 Å². The van der Waals surface area contributed by atoms with Gasteiger partial charge in [0.25, 0.3) is 0 Å². The van der Waals surface area contributed by atoms with Crippen molar-refractivity contribution < 1.29 is 14.6 Å². The Kier molecular flexibility index (Phi) is 4.03. The van der Waals surface area contributed by atoms with E-state index in [0.29, 0.717) is 19.0 Å². The summed E-state index contributed by atoms with van der Waals surface area (Å²) in [6.45, 7) is 0.506. The van der Waals surface area contributed by atoms with Crippen molar-refractivity contribution in [3.8, 4) is 0 Å².